The Bertz CT molecular complexity index is 321. The molecule has 2 rings (SSSR count). The Labute approximate surface area is 86.8 Å². The first-order valence-electron chi connectivity index (χ1n) is 4.33. The van der Waals surface area contributed by atoms with Gasteiger partial charge >= 0.3 is 0 Å². The highest BCUT2D eigenvalue weighted by atomic mass is 35.5. The Hall–Kier alpha value is -0.250. The van der Waals surface area contributed by atoms with Crippen molar-refractivity contribution in [3.05, 3.63) is 16.1 Å². The fraction of sp³-hybridized carbons (Fsp3) is 0.625. The largest absolute Gasteiger partial charge is 0.330 e. The monoisotopic (exact) mass is 219 g/mol. The summed E-state index contributed by atoms with van der Waals surface area (Å²) in [5, 5.41) is 1.03. The second-order valence-electron chi connectivity index (χ2n) is 3.37. The molecule has 1 aliphatic heterocycles. The van der Waals surface area contributed by atoms with Crippen molar-refractivity contribution < 1.29 is 0 Å². The molecule has 0 amide bonds. The summed E-state index contributed by atoms with van der Waals surface area (Å²) >= 11 is 11.8. The van der Waals surface area contributed by atoms with Crippen LogP contribution in [0.3, 0.4) is 0 Å². The minimum Gasteiger partial charge on any atom is -0.330 e. The molecule has 2 heterocycles. The molecule has 1 aromatic heterocycles. The summed E-state index contributed by atoms with van der Waals surface area (Å²) in [5.74, 6) is 0.510. The van der Waals surface area contributed by atoms with Crippen LogP contribution in [0.25, 0.3) is 0 Å². The molecule has 0 spiro atoms. The van der Waals surface area contributed by atoms with E-state index in [1.165, 1.54) is 0 Å². The zero-order valence-electron chi connectivity index (χ0n) is 7.13. The highest BCUT2D eigenvalue weighted by Crippen LogP contribution is 2.28. The highest BCUT2D eigenvalue weighted by Gasteiger charge is 2.22. The number of hydrogen-bond acceptors (Lipinski definition) is 2. The number of aromatic nitrogens is 2. The Morgan fingerprint density at radius 1 is 1.54 bits per heavy atom. The van der Waals surface area contributed by atoms with Gasteiger partial charge in [0.25, 0.3) is 0 Å². The number of fused-ring (bicyclic) bond motifs is 1. The van der Waals surface area contributed by atoms with E-state index in [9.17, 15) is 0 Å². The van der Waals surface area contributed by atoms with Gasteiger partial charge in [-0.3, -0.25) is 0 Å². The molecule has 72 valence electrons. The first kappa shape index (κ1) is 9.31. The second-order valence-corrected chi connectivity index (χ2v) is 4.07. The zero-order chi connectivity index (χ0) is 9.42. The molecule has 0 fully saturated rings. The van der Waals surface area contributed by atoms with E-state index in [4.69, 9.17) is 28.9 Å². The van der Waals surface area contributed by atoms with Gasteiger partial charge in [-0.2, -0.15) is 0 Å². The van der Waals surface area contributed by atoms with E-state index in [1.807, 2.05) is 4.57 Å². The molecule has 5 heteroatoms. The van der Waals surface area contributed by atoms with Gasteiger partial charge in [-0.25, -0.2) is 4.98 Å². The zero-order valence-corrected chi connectivity index (χ0v) is 8.65. The fourth-order valence-corrected chi connectivity index (χ4v) is 2.31. The van der Waals surface area contributed by atoms with Crippen LogP contribution < -0.4 is 5.73 Å². The Balaban J connectivity index is 2.33. The lowest BCUT2D eigenvalue weighted by atomic mass is 9.99. The van der Waals surface area contributed by atoms with Gasteiger partial charge in [0.2, 0.25) is 5.28 Å². The summed E-state index contributed by atoms with van der Waals surface area (Å²) in [4.78, 5) is 4.01. The Morgan fingerprint density at radius 2 is 2.31 bits per heavy atom. The second kappa shape index (κ2) is 3.48. The SMILES string of the molecule is NCC1CCc2c(Cl)nc(Cl)n2C1. The maximum absolute atomic E-state index is 5.91. The van der Waals surface area contributed by atoms with E-state index in [0.717, 1.165) is 25.1 Å². The molecule has 1 unspecified atom stereocenters. The summed E-state index contributed by atoms with van der Waals surface area (Å²) in [6.07, 6.45) is 2.01. The predicted molar refractivity (Wildman–Crippen MR) is 53.1 cm³/mol. The minimum atomic E-state index is 0.484. The molecule has 1 aromatic rings. The van der Waals surface area contributed by atoms with Gasteiger partial charge in [-0.05, 0) is 36.9 Å². The number of rotatable bonds is 1. The third kappa shape index (κ3) is 1.56. The van der Waals surface area contributed by atoms with Crippen LogP contribution in [-0.2, 0) is 13.0 Å². The standard InChI is InChI=1S/C8H11Cl2N3/c9-7-6-2-1-5(3-11)4-13(6)8(10)12-7/h5H,1-4,11H2. The van der Waals surface area contributed by atoms with Crippen LogP contribution in [-0.4, -0.2) is 16.1 Å². The number of hydrogen-bond donors (Lipinski definition) is 1. The number of nitrogens with two attached hydrogens (primary N) is 1. The average molecular weight is 220 g/mol. The smallest absolute Gasteiger partial charge is 0.204 e. The van der Waals surface area contributed by atoms with Crippen LogP contribution in [0.2, 0.25) is 10.4 Å². The summed E-state index contributed by atoms with van der Waals surface area (Å²) in [7, 11) is 0. The number of nitrogens with zero attached hydrogens (tertiary/aromatic N) is 2. The van der Waals surface area contributed by atoms with Crippen molar-refractivity contribution in [1.29, 1.82) is 0 Å². The van der Waals surface area contributed by atoms with E-state index in [0.29, 0.717) is 22.9 Å². The maximum atomic E-state index is 5.91. The first-order chi connectivity index (χ1) is 6.22. The van der Waals surface area contributed by atoms with Crippen LogP contribution in [0, 0.1) is 5.92 Å². The number of imidazole rings is 1. The van der Waals surface area contributed by atoms with Crippen LogP contribution in [0.4, 0.5) is 0 Å². The van der Waals surface area contributed by atoms with Crippen molar-refractivity contribution in [2.45, 2.75) is 19.4 Å². The molecule has 0 saturated carbocycles. The van der Waals surface area contributed by atoms with E-state index in [2.05, 4.69) is 4.98 Å². The molecule has 0 radical (unpaired) electrons. The van der Waals surface area contributed by atoms with Gasteiger partial charge in [0.1, 0.15) is 0 Å². The van der Waals surface area contributed by atoms with Crippen molar-refractivity contribution in [3.63, 3.8) is 0 Å². The molecular weight excluding hydrogens is 209 g/mol. The lowest BCUT2D eigenvalue weighted by Crippen LogP contribution is -2.26. The summed E-state index contributed by atoms with van der Waals surface area (Å²) in [6.45, 7) is 1.55. The Morgan fingerprint density at radius 3 is 3.00 bits per heavy atom. The van der Waals surface area contributed by atoms with Crippen LogP contribution >= 0.6 is 23.2 Å². The molecule has 1 atom stereocenters. The van der Waals surface area contributed by atoms with E-state index in [-0.39, 0.29) is 0 Å². The lowest BCUT2D eigenvalue weighted by Gasteiger charge is -2.23. The predicted octanol–water partition coefficient (Wildman–Crippen LogP) is 1.71. The molecule has 13 heavy (non-hydrogen) atoms. The van der Waals surface area contributed by atoms with Gasteiger partial charge < -0.3 is 10.3 Å². The molecule has 0 bridgehead atoms. The van der Waals surface area contributed by atoms with E-state index < -0.39 is 0 Å². The lowest BCUT2D eigenvalue weighted by molar-refractivity contribution is 0.379. The quantitative estimate of drug-likeness (QED) is 0.782. The summed E-state index contributed by atoms with van der Waals surface area (Å²) in [5.41, 5.74) is 6.66. The van der Waals surface area contributed by atoms with Gasteiger partial charge in [0.15, 0.2) is 5.15 Å². The van der Waals surface area contributed by atoms with E-state index in [1.54, 1.807) is 0 Å². The van der Waals surface area contributed by atoms with Crippen molar-refractivity contribution in [2.75, 3.05) is 6.54 Å². The fourth-order valence-electron chi connectivity index (χ4n) is 1.73. The topological polar surface area (TPSA) is 43.8 Å². The molecular formula is C8H11Cl2N3. The number of halogens is 2. The van der Waals surface area contributed by atoms with Crippen molar-refractivity contribution in [3.8, 4) is 0 Å². The summed E-state index contributed by atoms with van der Waals surface area (Å²) < 4.78 is 1.96. The van der Waals surface area contributed by atoms with Crippen molar-refractivity contribution in [2.24, 2.45) is 11.7 Å². The summed E-state index contributed by atoms with van der Waals surface area (Å²) in [6, 6.07) is 0. The van der Waals surface area contributed by atoms with Gasteiger partial charge in [-0.1, -0.05) is 11.6 Å². The van der Waals surface area contributed by atoms with Crippen LogP contribution in [0.15, 0.2) is 0 Å². The Kier molecular flexibility index (Phi) is 2.49. The first-order valence-corrected chi connectivity index (χ1v) is 5.08. The average Bonchev–Trinajstić information content (AvgIpc) is 2.42. The van der Waals surface area contributed by atoms with Crippen LogP contribution in [0.5, 0.6) is 0 Å². The van der Waals surface area contributed by atoms with Crippen molar-refractivity contribution >= 4 is 23.2 Å². The molecule has 0 saturated heterocycles. The molecule has 3 nitrogen and oxygen atoms in total. The van der Waals surface area contributed by atoms with Gasteiger partial charge in [0.05, 0.1) is 5.69 Å². The molecule has 2 N–H and O–H groups in total. The van der Waals surface area contributed by atoms with Gasteiger partial charge in [0, 0.05) is 6.54 Å². The van der Waals surface area contributed by atoms with E-state index >= 15 is 0 Å². The third-order valence-electron chi connectivity index (χ3n) is 2.54. The molecule has 0 aromatic carbocycles. The van der Waals surface area contributed by atoms with Crippen LogP contribution in [0.1, 0.15) is 12.1 Å². The maximum Gasteiger partial charge on any atom is 0.204 e. The third-order valence-corrected chi connectivity index (χ3v) is 3.13. The minimum absolute atomic E-state index is 0.484. The van der Waals surface area contributed by atoms with Gasteiger partial charge in [-0.15, -0.1) is 0 Å². The molecule has 0 aliphatic carbocycles. The normalized spacial score (nSPS) is 21.6. The highest BCUT2D eigenvalue weighted by molar-refractivity contribution is 6.32. The van der Waals surface area contributed by atoms with Crippen molar-refractivity contribution in [1.82, 2.24) is 9.55 Å². The molecule has 1 aliphatic rings.